The smallest absolute Gasteiger partial charge is 0.300 e. The van der Waals surface area contributed by atoms with Crippen molar-refractivity contribution in [3.05, 3.63) is 39.7 Å². The number of nitrogens with zero attached hydrogens (tertiary/aromatic N) is 1. The maximum absolute atomic E-state index is 13.0. The van der Waals surface area contributed by atoms with Gasteiger partial charge in [-0.15, -0.1) is 0 Å². The fourth-order valence-corrected chi connectivity index (χ4v) is 1.18. The molecule has 0 amide bonds. The Balaban J connectivity index is 3.21. The van der Waals surface area contributed by atoms with E-state index in [1.165, 1.54) is 19.1 Å². The van der Waals surface area contributed by atoms with Crippen LogP contribution in [0.1, 0.15) is 12.5 Å². The molecule has 0 N–H and O–H groups in total. The molecule has 0 spiro atoms. The van der Waals surface area contributed by atoms with Gasteiger partial charge < -0.3 is 0 Å². The number of nitro groups is 1. The van der Waals surface area contributed by atoms with Gasteiger partial charge in [0.1, 0.15) is 5.78 Å². The van der Waals surface area contributed by atoms with Crippen molar-refractivity contribution in [2.45, 2.75) is 13.3 Å². The van der Waals surface area contributed by atoms with Gasteiger partial charge in [-0.25, -0.2) is 0 Å². The van der Waals surface area contributed by atoms with Gasteiger partial charge in [0, 0.05) is 12.0 Å². The normalized spacial score (nSPS) is 9.86. The Morgan fingerprint density at radius 2 is 2.21 bits per heavy atom. The fraction of sp³-hybridized carbons (Fsp3) is 0.222. The van der Waals surface area contributed by atoms with E-state index in [1.54, 1.807) is 0 Å². The summed E-state index contributed by atoms with van der Waals surface area (Å²) in [6.45, 7) is 1.30. The predicted octanol–water partition coefficient (Wildman–Crippen LogP) is 1.87. The number of Topliss-reactive ketones (excluding diaryl/α,β-unsaturated/α-hetero) is 1. The molecule has 0 atom stereocenters. The molecule has 0 aliphatic rings. The molecule has 5 heteroatoms. The minimum Gasteiger partial charge on any atom is -0.300 e. The number of hydrogen-bond donors (Lipinski definition) is 0. The summed E-state index contributed by atoms with van der Waals surface area (Å²) in [4.78, 5) is 20.4. The topological polar surface area (TPSA) is 60.2 Å². The van der Waals surface area contributed by atoms with Crippen LogP contribution in [0.2, 0.25) is 0 Å². The molecule has 1 aromatic carbocycles. The number of benzene rings is 1. The van der Waals surface area contributed by atoms with E-state index >= 15 is 0 Å². The zero-order chi connectivity index (χ0) is 10.7. The van der Waals surface area contributed by atoms with Crippen molar-refractivity contribution >= 4 is 11.5 Å². The van der Waals surface area contributed by atoms with E-state index in [0.717, 1.165) is 6.07 Å². The molecular weight excluding hydrogens is 189 g/mol. The van der Waals surface area contributed by atoms with Crippen LogP contribution in [-0.4, -0.2) is 10.7 Å². The Bertz CT molecular complexity index is 390. The number of nitro benzene ring substituents is 1. The third kappa shape index (κ3) is 2.12. The highest BCUT2D eigenvalue weighted by atomic mass is 19.1. The Morgan fingerprint density at radius 1 is 1.57 bits per heavy atom. The molecule has 0 saturated carbocycles. The number of ketones is 1. The van der Waals surface area contributed by atoms with Gasteiger partial charge in [-0.1, -0.05) is 12.1 Å². The highest BCUT2D eigenvalue weighted by molar-refractivity contribution is 5.79. The summed E-state index contributed by atoms with van der Waals surface area (Å²) in [5.74, 6) is -1.15. The molecule has 0 aliphatic heterocycles. The largest absolute Gasteiger partial charge is 0.308 e. The van der Waals surface area contributed by atoms with Crippen molar-refractivity contribution in [1.82, 2.24) is 0 Å². The lowest BCUT2D eigenvalue weighted by Gasteiger charge is -2.00. The van der Waals surface area contributed by atoms with Crippen molar-refractivity contribution in [2.75, 3.05) is 0 Å². The predicted molar refractivity (Wildman–Crippen MR) is 47.4 cm³/mol. The minimum atomic E-state index is -0.909. The standard InChI is InChI=1S/C9H8FNO3/c1-6(12)5-7-3-2-4-8(10)9(7)11(13)14/h2-4H,5H2,1H3. The highest BCUT2D eigenvalue weighted by Gasteiger charge is 2.19. The number of carbonyl (C=O) groups is 1. The zero-order valence-corrected chi connectivity index (χ0v) is 7.49. The second-order valence-electron chi connectivity index (χ2n) is 2.88. The van der Waals surface area contributed by atoms with Gasteiger partial charge in [0.15, 0.2) is 0 Å². The molecule has 0 heterocycles. The Morgan fingerprint density at radius 3 is 2.71 bits per heavy atom. The van der Waals surface area contributed by atoms with Gasteiger partial charge in [0.05, 0.1) is 4.92 Å². The lowest BCUT2D eigenvalue weighted by atomic mass is 10.1. The molecule has 0 bridgehead atoms. The van der Waals surface area contributed by atoms with Crippen LogP contribution in [0.3, 0.4) is 0 Å². The second kappa shape index (κ2) is 3.95. The minimum absolute atomic E-state index is 0.113. The van der Waals surface area contributed by atoms with Crippen LogP contribution in [0.5, 0.6) is 0 Å². The van der Waals surface area contributed by atoms with Crippen LogP contribution in [0.25, 0.3) is 0 Å². The van der Waals surface area contributed by atoms with Gasteiger partial charge in [0.25, 0.3) is 0 Å². The van der Waals surface area contributed by atoms with Crippen molar-refractivity contribution in [1.29, 1.82) is 0 Å². The van der Waals surface area contributed by atoms with Crippen LogP contribution < -0.4 is 0 Å². The first-order valence-electron chi connectivity index (χ1n) is 3.93. The summed E-state index contributed by atoms with van der Waals surface area (Å²) >= 11 is 0. The molecule has 0 aliphatic carbocycles. The van der Waals surface area contributed by atoms with E-state index in [1.807, 2.05) is 0 Å². The first-order valence-corrected chi connectivity index (χ1v) is 3.93. The van der Waals surface area contributed by atoms with E-state index in [-0.39, 0.29) is 17.8 Å². The average molecular weight is 197 g/mol. The second-order valence-corrected chi connectivity index (χ2v) is 2.88. The summed E-state index contributed by atoms with van der Waals surface area (Å²) in [6, 6.07) is 3.73. The van der Waals surface area contributed by atoms with E-state index in [2.05, 4.69) is 0 Å². The molecule has 0 aromatic heterocycles. The molecule has 0 fully saturated rings. The number of rotatable bonds is 3. The molecule has 4 nitrogen and oxygen atoms in total. The van der Waals surface area contributed by atoms with Crippen LogP contribution >= 0.6 is 0 Å². The van der Waals surface area contributed by atoms with Gasteiger partial charge >= 0.3 is 5.69 Å². The molecule has 1 rings (SSSR count). The van der Waals surface area contributed by atoms with Crippen LogP contribution in [0, 0.1) is 15.9 Å². The number of hydrogen-bond acceptors (Lipinski definition) is 3. The fourth-order valence-electron chi connectivity index (χ4n) is 1.18. The highest BCUT2D eigenvalue weighted by Crippen LogP contribution is 2.22. The molecular formula is C9H8FNO3. The van der Waals surface area contributed by atoms with Crippen molar-refractivity contribution in [3.63, 3.8) is 0 Å². The molecule has 0 radical (unpaired) electrons. The maximum atomic E-state index is 13.0. The van der Waals surface area contributed by atoms with Gasteiger partial charge in [0.2, 0.25) is 5.82 Å². The molecule has 0 unspecified atom stereocenters. The summed E-state index contributed by atoms with van der Waals surface area (Å²) in [5.41, 5.74) is -0.495. The number of halogens is 1. The van der Waals surface area contributed by atoms with Gasteiger partial charge in [-0.3, -0.25) is 14.9 Å². The number of carbonyl (C=O) groups excluding carboxylic acids is 1. The number of para-hydroxylation sites is 1. The summed E-state index contributed by atoms with van der Waals surface area (Å²) in [5, 5.41) is 10.5. The third-order valence-corrected chi connectivity index (χ3v) is 1.69. The van der Waals surface area contributed by atoms with E-state index in [9.17, 15) is 19.3 Å². The van der Waals surface area contributed by atoms with Crippen molar-refractivity contribution in [2.24, 2.45) is 0 Å². The van der Waals surface area contributed by atoms with E-state index < -0.39 is 16.4 Å². The summed E-state index contributed by atoms with van der Waals surface area (Å²) in [7, 11) is 0. The Labute approximate surface area is 79.5 Å². The molecule has 74 valence electrons. The van der Waals surface area contributed by atoms with Gasteiger partial charge in [-0.2, -0.15) is 4.39 Å². The van der Waals surface area contributed by atoms with Crippen LogP contribution in [0.15, 0.2) is 18.2 Å². The van der Waals surface area contributed by atoms with Crippen LogP contribution in [-0.2, 0) is 11.2 Å². The average Bonchev–Trinajstić information content (AvgIpc) is 2.01. The molecule has 0 saturated heterocycles. The van der Waals surface area contributed by atoms with E-state index in [4.69, 9.17) is 0 Å². The maximum Gasteiger partial charge on any atom is 0.308 e. The summed E-state index contributed by atoms with van der Waals surface area (Å²) < 4.78 is 13.0. The van der Waals surface area contributed by atoms with Crippen molar-refractivity contribution in [3.8, 4) is 0 Å². The monoisotopic (exact) mass is 197 g/mol. The molecule has 14 heavy (non-hydrogen) atoms. The Kier molecular flexibility index (Phi) is 2.91. The summed E-state index contributed by atoms with van der Waals surface area (Å²) in [6.07, 6.45) is -0.117. The lowest BCUT2D eigenvalue weighted by Crippen LogP contribution is -2.03. The zero-order valence-electron chi connectivity index (χ0n) is 7.49. The quantitative estimate of drug-likeness (QED) is 0.548. The van der Waals surface area contributed by atoms with Crippen LogP contribution in [0.4, 0.5) is 10.1 Å². The third-order valence-electron chi connectivity index (χ3n) is 1.69. The SMILES string of the molecule is CC(=O)Cc1cccc(F)c1[N+](=O)[O-]. The Hall–Kier alpha value is -1.78. The van der Waals surface area contributed by atoms with Gasteiger partial charge in [-0.05, 0) is 13.0 Å². The first-order chi connectivity index (χ1) is 6.52. The first kappa shape index (κ1) is 10.3. The lowest BCUT2D eigenvalue weighted by molar-refractivity contribution is -0.388. The van der Waals surface area contributed by atoms with Crippen molar-refractivity contribution < 1.29 is 14.1 Å². The molecule has 1 aromatic rings. The van der Waals surface area contributed by atoms with E-state index in [0.29, 0.717) is 0 Å².